The minimum Gasteiger partial charge on any atom is -0.307 e. The Kier molecular flexibility index (Phi) is 5.64. The molecule has 2 aromatic rings. The summed E-state index contributed by atoms with van der Waals surface area (Å²) in [4.78, 5) is 14.7. The maximum Gasteiger partial charge on any atom is 0.248 e. The Morgan fingerprint density at radius 3 is 2.44 bits per heavy atom. The second-order valence-electron chi connectivity index (χ2n) is 6.43. The number of hydrogen-bond acceptors (Lipinski definition) is 3. The number of nitrogens with zero attached hydrogens (tertiary/aromatic N) is 2. The molecule has 144 valence electrons. The van der Waals surface area contributed by atoms with E-state index in [0.29, 0.717) is 6.42 Å². The number of anilines is 2. The van der Waals surface area contributed by atoms with Crippen LogP contribution in [-0.4, -0.2) is 33.2 Å². The summed E-state index contributed by atoms with van der Waals surface area (Å²) >= 11 is 18.1. The van der Waals surface area contributed by atoms with Gasteiger partial charge in [-0.2, -0.15) is 0 Å². The van der Waals surface area contributed by atoms with Gasteiger partial charge in [-0.15, -0.1) is 0 Å². The highest BCUT2D eigenvalue weighted by molar-refractivity contribution is 7.92. The molecule has 0 aromatic heterocycles. The summed E-state index contributed by atoms with van der Waals surface area (Å²) in [7, 11) is -3.79. The van der Waals surface area contributed by atoms with Crippen LogP contribution in [0.4, 0.5) is 11.4 Å². The van der Waals surface area contributed by atoms with Crippen molar-refractivity contribution in [3.8, 4) is 0 Å². The van der Waals surface area contributed by atoms with E-state index in [1.54, 1.807) is 4.90 Å². The van der Waals surface area contributed by atoms with E-state index in [4.69, 9.17) is 34.8 Å². The molecule has 5 nitrogen and oxygen atoms in total. The summed E-state index contributed by atoms with van der Waals surface area (Å²) in [5.74, 6) is -0.347. The van der Waals surface area contributed by atoms with Crippen molar-refractivity contribution in [2.24, 2.45) is 0 Å². The molecule has 1 aliphatic heterocycles. The van der Waals surface area contributed by atoms with Crippen LogP contribution in [0.3, 0.4) is 0 Å². The van der Waals surface area contributed by atoms with Gasteiger partial charge in [-0.3, -0.25) is 9.10 Å². The average Bonchev–Trinajstić information content (AvgIpc) is 2.91. The number of para-hydroxylation sites is 1. The zero-order chi connectivity index (χ0) is 19.9. The molecule has 0 aliphatic carbocycles. The van der Waals surface area contributed by atoms with Gasteiger partial charge in [0.05, 0.1) is 27.0 Å². The van der Waals surface area contributed by atoms with E-state index < -0.39 is 16.6 Å². The predicted octanol–water partition coefficient (Wildman–Crippen LogP) is 4.39. The molecule has 1 aliphatic rings. The lowest BCUT2D eigenvalue weighted by molar-refractivity contribution is -0.117. The van der Waals surface area contributed by atoms with Crippen LogP contribution < -0.4 is 9.21 Å². The molecule has 0 N–H and O–H groups in total. The van der Waals surface area contributed by atoms with Gasteiger partial charge in [-0.05, 0) is 37.1 Å². The first-order chi connectivity index (χ1) is 12.6. The first-order valence-electron chi connectivity index (χ1n) is 8.12. The van der Waals surface area contributed by atoms with Crippen molar-refractivity contribution >= 4 is 62.1 Å². The second-order valence-corrected chi connectivity index (χ2v) is 9.56. The molecule has 0 fully saturated rings. The summed E-state index contributed by atoms with van der Waals surface area (Å²) in [5.41, 5.74) is 1.96. The highest BCUT2D eigenvalue weighted by Gasteiger charge is 2.33. The number of carbonyl (C=O) groups excluding carboxylic acids is 1. The molecule has 27 heavy (non-hydrogen) atoms. The third-order valence-electron chi connectivity index (χ3n) is 4.41. The van der Waals surface area contributed by atoms with Crippen LogP contribution in [0.25, 0.3) is 0 Å². The molecular weight excluding hydrogens is 431 g/mol. The minimum absolute atomic E-state index is 0.0689. The van der Waals surface area contributed by atoms with Crippen LogP contribution in [0.5, 0.6) is 0 Å². The summed E-state index contributed by atoms with van der Waals surface area (Å²) in [6.07, 6.45) is 1.73. The fourth-order valence-electron chi connectivity index (χ4n) is 3.23. The molecule has 1 unspecified atom stereocenters. The fraction of sp³-hybridized carbons (Fsp3) is 0.278. The maximum atomic E-state index is 13.0. The number of carbonyl (C=O) groups is 1. The second kappa shape index (κ2) is 7.51. The molecule has 1 heterocycles. The van der Waals surface area contributed by atoms with E-state index in [0.717, 1.165) is 21.8 Å². The van der Waals surface area contributed by atoms with Crippen LogP contribution in [0.2, 0.25) is 15.1 Å². The van der Waals surface area contributed by atoms with Crippen molar-refractivity contribution in [2.45, 2.75) is 19.4 Å². The topological polar surface area (TPSA) is 57.7 Å². The summed E-state index contributed by atoms with van der Waals surface area (Å²) in [6, 6.07) is 10.2. The number of sulfonamides is 1. The van der Waals surface area contributed by atoms with E-state index in [9.17, 15) is 13.2 Å². The van der Waals surface area contributed by atoms with Crippen LogP contribution in [0.1, 0.15) is 12.5 Å². The van der Waals surface area contributed by atoms with Gasteiger partial charge in [-0.1, -0.05) is 53.0 Å². The maximum absolute atomic E-state index is 13.0. The molecule has 0 bridgehead atoms. The van der Waals surface area contributed by atoms with Gasteiger partial charge in [-0.25, -0.2) is 8.42 Å². The third kappa shape index (κ3) is 4.04. The Morgan fingerprint density at radius 1 is 1.15 bits per heavy atom. The van der Waals surface area contributed by atoms with Crippen molar-refractivity contribution in [1.82, 2.24) is 0 Å². The Bertz CT molecular complexity index is 1010. The van der Waals surface area contributed by atoms with Gasteiger partial charge in [0.25, 0.3) is 0 Å². The summed E-state index contributed by atoms with van der Waals surface area (Å²) in [6.45, 7) is 1.53. The highest BCUT2D eigenvalue weighted by Crippen LogP contribution is 2.36. The normalized spacial score (nSPS) is 16.3. The summed E-state index contributed by atoms with van der Waals surface area (Å²) < 4.78 is 25.7. The molecule has 9 heteroatoms. The van der Waals surface area contributed by atoms with E-state index in [2.05, 4.69) is 0 Å². The van der Waals surface area contributed by atoms with Crippen LogP contribution in [0.15, 0.2) is 36.4 Å². The Morgan fingerprint density at radius 2 is 1.78 bits per heavy atom. The van der Waals surface area contributed by atoms with Gasteiger partial charge < -0.3 is 4.90 Å². The predicted molar refractivity (Wildman–Crippen MR) is 111 cm³/mol. The number of hydrogen-bond donors (Lipinski definition) is 0. The lowest BCUT2D eigenvalue weighted by atomic mass is 10.1. The Labute approximate surface area is 173 Å². The van der Waals surface area contributed by atoms with Crippen molar-refractivity contribution in [2.75, 3.05) is 22.0 Å². The van der Waals surface area contributed by atoms with Crippen LogP contribution in [0, 0.1) is 0 Å². The van der Waals surface area contributed by atoms with Crippen LogP contribution in [-0.2, 0) is 21.2 Å². The minimum atomic E-state index is -3.79. The van der Waals surface area contributed by atoms with Crippen LogP contribution >= 0.6 is 34.8 Å². The number of benzene rings is 2. The van der Waals surface area contributed by atoms with Crippen molar-refractivity contribution < 1.29 is 13.2 Å². The van der Waals surface area contributed by atoms with Gasteiger partial charge in [0.1, 0.15) is 6.54 Å². The van der Waals surface area contributed by atoms with Crippen molar-refractivity contribution in [1.29, 1.82) is 0 Å². The molecule has 2 aromatic carbocycles. The fourth-order valence-corrected chi connectivity index (χ4v) is 4.78. The zero-order valence-electron chi connectivity index (χ0n) is 14.6. The highest BCUT2D eigenvalue weighted by atomic mass is 35.5. The van der Waals surface area contributed by atoms with Gasteiger partial charge in [0.2, 0.25) is 15.9 Å². The van der Waals surface area contributed by atoms with Gasteiger partial charge in [0, 0.05) is 11.7 Å². The number of fused-ring (bicyclic) bond motifs is 1. The largest absolute Gasteiger partial charge is 0.307 e. The molecule has 0 saturated carbocycles. The zero-order valence-corrected chi connectivity index (χ0v) is 17.7. The number of halogens is 3. The molecule has 0 radical (unpaired) electrons. The average molecular weight is 448 g/mol. The SMILES string of the molecule is CC1Cc2ccccc2N1C(=O)CN(c1cc(Cl)c(Cl)cc1Cl)S(C)(=O)=O. The molecule has 3 rings (SSSR count). The van der Waals surface area contributed by atoms with Gasteiger partial charge in [0.15, 0.2) is 0 Å². The van der Waals surface area contributed by atoms with E-state index in [1.807, 2.05) is 31.2 Å². The van der Waals surface area contributed by atoms with Crippen molar-refractivity contribution in [3.05, 3.63) is 57.0 Å². The number of amides is 1. The summed E-state index contributed by atoms with van der Waals surface area (Å²) in [5, 5.41) is 0.446. The van der Waals surface area contributed by atoms with E-state index >= 15 is 0 Å². The van der Waals surface area contributed by atoms with E-state index in [1.165, 1.54) is 12.1 Å². The lowest BCUT2D eigenvalue weighted by Crippen LogP contribution is -2.45. The Hall–Kier alpha value is -1.47. The quantitative estimate of drug-likeness (QED) is 0.653. The third-order valence-corrected chi connectivity index (χ3v) is 6.56. The number of rotatable bonds is 4. The first-order valence-corrected chi connectivity index (χ1v) is 11.1. The monoisotopic (exact) mass is 446 g/mol. The first kappa shape index (κ1) is 20.3. The molecular formula is C18H17Cl3N2O3S. The van der Waals surface area contributed by atoms with E-state index in [-0.39, 0.29) is 32.7 Å². The van der Waals surface area contributed by atoms with Gasteiger partial charge >= 0.3 is 0 Å². The lowest BCUT2D eigenvalue weighted by Gasteiger charge is -2.28. The molecule has 1 amide bonds. The molecule has 0 spiro atoms. The standard InChI is InChI=1S/C18H17Cl3N2O3S/c1-11-7-12-5-3-4-6-16(12)23(11)18(24)10-22(27(2,25)26)17-9-14(20)13(19)8-15(17)21/h3-6,8-9,11H,7,10H2,1-2H3. The molecule has 1 atom stereocenters. The molecule has 0 saturated heterocycles. The smallest absolute Gasteiger partial charge is 0.248 e. The van der Waals surface area contributed by atoms with Crippen molar-refractivity contribution in [3.63, 3.8) is 0 Å². The Balaban J connectivity index is 1.98.